The quantitative estimate of drug-likeness (QED) is 0.707. The zero-order valence-corrected chi connectivity index (χ0v) is 16.6. The van der Waals surface area contributed by atoms with Crippen LogP contribution in [0.5, 0.6) is 5.75 Å². The number of piperidine rings is 1. The molecule has 1 aromatic carbocycles. The summed E-state index contributed by atoms with van der Waals surface area (Å²) in [4.78, 5) is 18.9. The lowest BCUT2D eigenvalue weighted by Gasteiger charge is -2.31. The number of hydrogen-bond donors (Lipinski definition) is 1. The van der Waals surface area contributed by atoms with E-state index in [2.05, 4.69) is 21.3 Å². The fraction of sp³-hybridized carbons (Fsp3) is 0.429. The van der Waals surface area contributed by atoms with Crippen molar-refractivity contribution < 1.29 is 9.53 Å². The number of amides is 1. The molecule has 0 aliphatic carbocycles. The molecule has 1 N–H and O–H groups in total. The molecule has 1 saturated heterocycles. The third kappa shape index (κ3) is 6.26. The van der Waals surface area contributed by atoms with Crippen molar-refractivity contribution in [1.82, 2.24) is 15.2 Å². The summed E-state index contributed by atoms with van der Waals surface area (Å²) in [5.41, 5.74) is 1.79. The van der Waals surface area contributed by atoms with Crippen LogP contribution in [0.4, 0.5) is 0 Å². The van der Waals surface area contributed by atoms with Gasteiger partial charge >= 0.3 is 0 Å². The van der Waals surface area contributed by atoms with Crippen LogP contribution in [0.2, 0.25) is 0 Å². The van der Waals surface area contributed by atoms with Crippen LogP contribution < -0.4 is 10.1 Å². The Kier molecular flexibility index (Phi) is 7.54. The van der Waals surface area contributed by atoms with Gasteiger partial charge in [-0.1, -0.05) is 6.07 Å². The van der Waals surface area contributed by atoms with Crippen molar-refractivity contribution in [3.05, 3.63) is 59.9 Å². The van der Waals surface area contributed by atoms with Crippen LogP contribution in [0, 0.1) is 0 Å². The summed E-state index contributed by atoms with van der Waals surface area (Å²) < 4.78 is 6.11. The molecule has 0 bridgehead atoms. The number of thioether (sulfide) groups is 1. The standard InChI is InChI=1S/C21H27N3O2S/c1-27-15-12-23-21(25)17-5-7-19(8-6-17)26-20-9-13-24(14-10-20)16-18-4-2-3-11-22-18/h2-8,11,20H,9-10,12-16H2,1H3,(H,23,25). The van der Waals surface area contributed by atoms with Crippen molar-refractivity contribution in [1.29, 1.82) is 0 Å². The van der Waals surface area contributed by atoms with Crippen molar-refractivity contribution in [3.8, 4) is 5.75 Å². The maximum absolute atomic E-state index is 12.0. The number of ether oxygens (including phenoxy) is 1. The zero-order valence-electron chi connectivity index (χ0n) is 15.8. The van der Waals surface area contributed by atoms with Crippen LogP contribution in [0.1, 0.15) is 28.9 Å². The van der Waals surface area contributed by atoms with E-state index in [9.17, 15) is 4.79 Å². The summed E-state index contributed by atoms with van der Waals surface area (Å²) >= 11 is 1.72. The van der Waals surface area contributed by atoms with E-state index in [-0.39, 0.29) is 12.0 Å². The predicted octanol–water partition coefficient (Wildman–Crippen LogP) is 3.22. The van der Waals surface area contributed by atoms with E-state index in [4.69, 9.17) is 4.74 Å². The van der Waals surface area contributed by atoms with Crippen LogP contribution in [-0.2, 0) is 6.54 Å². The predicted molar refractivity (Wildman–Crippen MR) is 110 cm³/mol. The Morgan fingerprint density at radius 2 is 2.00 bits per heavy atom. The van der Waals surface area contributed by atoms with Gasteiger partial charge in [0.1, 0.15) is 11.9 Å². The number of aromatic nitrogens is 1. The second kappa shape index (κ2) is 10.3. The van der Waals surface area contributed by atoms with Crippen molar-refractivity contribution in [2.45, 2.75) is 25.5 Å². The summed E-state index contributed by atoms with van der Waals surface area (Å²) in [6.45, 7) is 3.61. The number of likely N-dealkylation sites (tertiary alicyclic amines) is 1. The molecule has 3 rings (SSSR count). The van der Waals surface area contributed by atoms with Gasteiger partial charge in [0.25, 0.3) is 5.91 Å². The first-order valence-corrected chi connectivity index (χ1v) is 10.8. The molecule has 1 aromatic heterocycles. The lowest BCUT2D eigenvalue weighted by molar-refractivity contribution is 0.0951. The minimum atomic E-state index is -0.0292. The number of rotatable bonds is 8. The van der Waals surface area contributed by atoms with E-state index in [1.54, 1.807) is 11.8 Å². The zero-order chi connectivity index (χ0) is 18.9. The number of pyridine rings is 1. The molecule has 0 radical (unpaired) electrons. The van der Waals surface area contributed by atoms with Gasteiger partial charge in [0.15, 0.2) is 0 Å². The van der Waals surface area contributed by atoms with Crippen LogP contribution in [0.15, 0.2) is 48.7 Å². The lowest BCUT2D eigenvalue weighted by atomic mass is 10.1. The molecule has 2 heterocycles. The smallest absolute Gasteiger partial charge is 0.251 e. The van der Waals surface area contributed by atoms with Gasteiger partial charge in [-0.25, -0.2) is 0 Å². The first-order valence-electron chi connectivity index (χ1n) is 9.41. The molecule has 1 fully saturated rings. The monoisotopic (exact) mass is 385 g/mol. The number of nitrogens with one attached hydrogen (secondary N) is 1. The van der Waals surface area contributed by atoms with E-state index in [0.717, 1.165) is 49.7 Å². The van der Waals surface area contributed by atoms with E-state index < -0.39 is 0 Å². The molecule has 0 atom stereocenters. The molecular formula is C21H27N3O2S. The summed E-state index contributed by atoms with van der Waals surface area (Å²) in [6, 6.07) is 13.5. The average Bonchev–Trinajstić information content (AvgIpc) is 2.71. The van der Waals surface area contributed by atoms with Gasteiger partial charge in [-0.2, -0.15) is 11.8 Å². The molecular weight excluding hydrogens is 358 g/mol. The third-order valence-electron chi connectivity index (χ3n) is 4.66. The summed E-state index contributed by atoms with van der Waals surface area (Å²) in [7, 11) is 0. The maximum atomic E-state index is 12.0. The van der Waals surface area contributed by atoms with Crippen molar-refractivity contribution in [2.75, 3.05) is 31.6 Å². The Morgan fingerprint density at radius 3 is 2.67 bits per heavy atom. The number of carbonyl (C=O) groups excluding carboxylic acids is 1. The highest BCUT2D eigenvalue weighted by molar-refractivity contribution is 7.98. The summed E-state index contributed by atoms with van der Waals surface area (Å²) in [5, 5.41) is 2.91. The van der Waals surface area contributed by atoms with Gasteiger partial charge in [0, 0.05) is 43.7 Å². The highest BCUT2D eigenvalue weighted by Gasteiger charge is 2.21. The maximum Gasteiger partial charge on any atom is 0.251 e. The molecule has 1 amide bonds. The molecule has 0 unspecified atom stereocenters. The Morgan fingerprint density at radius 1 is 1.22 bits per heavy atom. The van der Waals surface area contributed by atoms with Gasteiger partial charge in [0.2, 0.25) is 0 Å². The lowest BCUT2D eigenvalue weighted by Crippen LogP contribution is -2.37. The minimum absolute atomic E-state index is 0.0292. The SMILES string of the molecule is CSCCNC(=O)c1ccc(OC2CCN(Cc3ccccn3)CC2)cc1. The topological polar surface area (TPSA) is 54.5 Å². The molecule has 27 heavy (non-hydrogen) atoms. The van der Waals surface area contributed by atoms with Crippen molar-refractivity contribution >= 4 is 17.7 Å². The van der Waals surface area contributed by atoms with Gasteiger partial charge < -0.3 is 10.1 Å². The van der Waals surface area contributed by atoms with Crippen LogP contribution in [0.3, 0.4) is 0 Å². The van der Waals surface area contributed by atoms with Crippen molar-refractivity contribution in [2.24, 2.45) is 0 Å². The normalized spacial score (nSPS) is 15.4. The van der Waals surface area contributed by atoms with E-state index >= 15 is 0 Å². The van der Waals surface area contributed by atoms with Crippen LogP contribution in [-0.4, -0.2) is 53.5 Å². The number of benzene rings is 1. The first-order chi connectivity index (χ1) is 13.2. The largest absolute Gasteiger partial charge is 0.490 e. The minimum Gasteiger partial charge on any atom is -0.490 e. The fourth-order valence-electron chi connectivity index (χ4n) is 3.15. The number of nitrogens with zero attached hydrogens (tertiary/aromatic N) is 2. The molecule has 144 valence electrons. The summed E-state index contributed by atoms with van der Waals surface area (Å²) in [6.07, 6.45) is 6.11. The average molecular weight is 386 g/mol. The molecule has 5 nitrogen and oxygen atoms in total. The van der Waals surface area contributed by atoms with Crippen LogP contribution >= 0.6 is 11.8 Å². The van der Waals surface area contributed by atoms with Crippen molar-refractivity contribution in [3.63, 3.8) is 0 Å². The Hall–Kier alpha value is -2.05. The van der Waals surface area contributed by atoms with Gasteiger partial charge in [-0.05, 0) is 55.5 Å². The van der Waals surface area contributed by atoms with Gasteiger partial charge in [0.05, 0.1) is 5.69 Å². The van der Waals surface area contributed by atoms with Crippen LogP contribution in [0.25, 0.3) is 0 Å². The van der Waals surface area contributed by atoms with Gasteiger partial charge in [-0.15, -0.1) is 0 Å². The molecule has 6 heteroatoms. The first kappa shape index (κ1) is 19.7. The Bertz CT molecular complexity index is 701. The third-order valence-corrected chi connectivity index (χ3v) is 5.27. The number of carbonyl (C=O) groups is 1. The molecule has 0 spiro atoms. The van der Waals surface area contributed by atoms with E-state index in [1.807, 2.05) is 48.9 Å². The Labute approximate surface area is 165 Å². The van der Waals surface area contributed by atoms with E-state index in [0.29, 0.717) is 12.1 Å². The summed E-state index contributed by atoms with van der Waals surface area (Å²) in [5.74, 6) is 1.73. The highest BCUT2D eigenvalue weighted by atomic mass is 32.2. The molecule has 0 saturated carbocycles. The van der Waals surface area contributed by atoms with E-state index in [1.165, 1.54) is 0 Å². The fourth-order valence-corrected chi connectivity index (χ4v) is 3.46. The molecule has 1 aliphatic heterocycles. The Balaban J connectivity index is 1.43. The number of hydrogen-bond acceptors (Lipinski definition) is 5. The highest BCUT2D eigenvalue weighted by Crippen LogP contribution is 2.20. The van der Waals surface area contributed by atoms with Gasteiger partial charge in [-0.3, -0.25) is 14.7 Å². The molecule has 2 aromatic rings. The second-order valence-corrected chi connectivity index (χ2v) is 7.67. The molecule has 1 aliphatic rings. The second-order valence-electron chi connectivity index (χ2n) is 6.69.